The highest BCUT2D eigenvalue weighted by molar-refractivity contribution is 4.74. The van der Waals surface area contributed by atoms with Crippen LogP contribution in [0.15, 0.2) is 0 Å². The summed E-state index contributed by atoms with van der Waals surface area (Å²) in [4.78, 5) is 2.44. The molecule has 1 heterocycles. The van der Waals surface area contributed by atoms with E-state index in [1.165, 1.54) is 51.7 Å². The summed E-state index contributed by atoms with van der Waals surface area (Å²) < 4.78 is 5.04. The van der Waals surface area contributed by atoms with Gasteiger partial charge in [-0.3, -0.25) is 0 Å². The number of likely N-dealkylation sites (N-methyl/N-ethyl adjacent to an activating group) is 1. The van der Waals surface area contributed by atoms with Crippen LogP contribution < -0.4 is 5.32 Å². The highest BCUT2D eigenvalue weighted by Crippen LogP contribution is 2.08. The second-order valence-corrected chi connectivity index (χ2v) is 4.61. The predicted molar refractivity (Wildman–Crippen MR) is 64.2 cm³/mol. The van der Waals surface area contributed by atoms with Gasteiger partial charge < -0.3 is 15.0 Å². The molecule has 15 heavy (non-hydrogen) atoms. The smallest absolute Gasteiger partial charge is 0.0462 e. The molecule has 3 heteroatoms. The van der Waals surface area contributed by atoms with Crippen LogP contribution in [-0.2, 0) is 4.74 Å². The molecule has 1 rings (SSSR count). The van der Waals surface area contributed by atoms with E-state index >= 15 is 0 Å². The zero-order valence-corrected chi connectivity index (χ0v) is 10.3. The first kappa shape index (κ1) is 12.9. The molecule has 1 aliphatic heterocycles. The Morgan fingerprint density at radius 2 is 2.20 bits per heavy atom. The predicted octanol–water partition coefficient (Wildman–Crippen LogP) is 1.49. The van der Waals surface area contributed by atoms with Gasteiger partial charge in [0.1, 0.15) is 0 Å². The molecule has 1 atom stereocenters. The van der Waals surface area contributed by atoms with E-state index in [9.17, 15) is 0 Å². The van der Waals surface area contributed by atoms with Crippen molar-refractivity contribution in [3.05, 3.63) is 0 Å². The summed E-state index contributed by atoms with van der Waals surface area (Å²) in [5.74, 6) is 0. The van der Waals surface area contributed by atoms with Gasteiger partial charge in [-0.15, -0.1) is 0 Å². The van der Waals surface area contributed by atoms with Gasteiger partial charge in [0.25, 0.3) is 0 Å². The maximum atomic E-state index is 5.04. The van der Waals surface area contributed by atoms with E-state index in [1.54, 1.807) is 7.11 Å². The van der Waals surface area contributed by atoms with Gasteiger partial charge >= 0.3 is 0 Å². The topological polar surface area (TPSA) is 24.5 Å². The molecule has 0 aliphatic carbocycles. The quantitative estimate of drug-likeness (QED) is 0.650. The number of hydrogen-bond donors (Lipinski definition) is 1. The number of ether oxygens (including phenoxy) is 1. The van der Waals surface area contributed by atoms with Crippen molar-refractivity contribution in [2.24, 2.45) is 0 Å². The summed E-state index contributed by atoms with van der Waals surface area (Å²) in [6.45, 7) is 4.51. The Labute approximate surface area is 94.2 Å². The number of rotatable bonds is 7. The average molecular weight is 214 g/mol. The standard InChI is InChI=1S/C12H26N2O/c1-14(9-5-6-10-15-2)11-12-7-3-4-8-13-12/h12-13H,3-11H2,1-2H3. The van der Waals surface area contributed by atoms with Crippen LogP contribution in [-0.4, -0.2) is 51.3 Å². The first-order valence-corrected chi connectivity index (χ1v) is 6.24. The molecule has 0 bridgehead atoms. The molecular weight excluding hydrogens is 188 g/mol. The molecule has 1 fully saturated rings. The molecule has 0 saturated carbocycles. The van der Waals surface area contributed by atoms with E-state index < -0.39 is 0 Å². The highest BCUT2D eigenvalue weighted by Gasteiger charge is 2.13. The fourth-order valence-corrected chi connectivity index (χ4v) is 2.18. The molecule has 0 amide bonds. The zero-order chi connectivity index (χ0) is 10.9. The lowest BCUT2D eigenvalue weighted by molar-refractivity contribution is 0.184. The summed E-state index contributed by atoms with van der Waals surface area (Å²) >= 11 is 0. The minimum Gasteiger partial charge on any atom is -0.385 e. The lowest BCUT2D eigenvalue weighted by atomic mass is 10.0. The molecule has 1 saturated heterocycles. The van der Waals surface area contributed by atoms with Crippen LogP contribution in [0, 0.1) is 0 Å². The molecule has 3 nitrogen and oxygen atoms in total. The Morgan fingerprint density at radius 3 is 2.87 bits per heavy atom. The number of methoxy groups -OCH3 is 1. The summed E-state index contributed by atoms with van der Waals surface area (Å²) in [5.41, 5.74) is 0. The average Bonchev–Trinajstić information content (AvgIpc) is 2.26. The number of unbranched alkanes of at least 4 members (excludes halogenated alkanes) is 1. The van der Waals surface area contributed by atoms with Gasteiger partial charge in [0, 0.05) is 26.3 Å². The van der Waals surface area contributed by atoms with Gasteiger partial charge in [0.15, 0.2) is 0 Å². The normalized spacial score (nSPS) is 22.2. The van der Waals surface area contributed by atoms with Crippen molar-refractivity contribution >= 4 is 0 Å². The van der Waals surface area contributed by atoms with Crippen molar-refractivity contribution in [2.45, 2.75) is 38.1 Å². The first-order chi connectivity index (χ1) is 7.33. The third-order valence-corrected chi connectivity index (χ3v) is 3.08. The summed E-state index contributed by atoms with van der Waals surface area (Å²) in [5, 5.41) is 3.59. The van der Waals surface area contributed by atoms with Gasteiger partial charge in [-0.05, 0) is 45.8 Å². The molecule has 0 aromatic rings. The molecule has 0 aromatic carbocycles. The van der Waals surface area contributed by atoms with Gasteiger partial charge in [0.2, 0.25) is 0 Å². The van der Waals surface area contributed by atoms with Crippen LogP contribution in [0.1, 0.15) is 32.1 Å². The summed E-state index contributed by atoms with van der Waals surface area (Å²) in [6.07, 6.45) is 6.53. The fraction of sp³-hybridized carbons (Fsp3) is 1.00. The van der Waals surface area contributed by atoms with Crippen molar-refractivity contribution in [1.29, 1.82) is 0 Å². The van der Waals surface area contributed by atoms with Gasteiger partial charge in [-0.25, -0.2) is 0 Å². The number of nitrogens with zero attached hydrogens (tertiary/aromatic N) is 1. The molecule has 0 aromatic heterocycles. The van der Waals surface area contributed by atoms with Crippen LogP contribution in [0.2, 0.25) is 0 Å². The lowest BCUT2D eigenvalue weighted by Crippen LogP contribution is -2.42. The fourth-order valence-electron chi connectivity index (χ4n) is 2.18. The van der Waals surface area contributed by atoms with Crippen molar-refractivity contribution in [1.82, 2.24) is 10.2 Å². The van der Waals surface area contributed by atoms with Crippen molar-refractivity contribution in [3.8, 4) is 0 Å². The maximum absolute atomic E-state index is 5.04. The van der Waals surface area contributed by atoms with Gasteiger partial charge in [-0.2, -0.15) is 0 Å². The second kappa shape index (κ2) is 8.08. The minimum atomic E-state index is 0.728. The number of hydrogen-bond acceptors (Lipinski definition) is 3. The van der Waals surface area contributed by atoms with E-state index in [4.69, 9.17) is 4.74 Å². The molecule has 1 N–H and O–H groups in total. The van der Waals surface area contributed by atoms with Gasteiger partial charge in [0.05, 0.1) is 0 Å². The van der Waals surface area contributed by atoms with Crippen LogP contribution in [0.4, 0.5) is 0 Å². The maximum Gasteiger partial charge on any atom is 0.0462 e. The van der Waals surface area contributed by atoms with E-state index in [0.717, 1.165) is 12.6 Å². The third kappa shape index (κ3) is 6.13. The van der Waals surface area contributed by atoms with Crippen LogP contribution >= 0.6 is 0 Å². The van der Waals surface area contributed by atoms with Crippen LogP contribution in [0.25, 0.3) is 0 Å². The zero-order valence-electron chi connectivity index (χ0n) is 10.3. The highest BCUT2D eigenvalue weighted by atomic mass is 16.5. The second-order valence-electron chi connectivity index (χ2n) is 4.61. The first-order valence-electron chi connectivity index (χ1n) is 6.24. The van der Waals surface area contributed by atoms with Crippen molar-refractivity contribution < 1.29 is 4.74 Å². The molecule has 1 aliphatic rings. The Kier molecular flexibility index (Phi) is 6.98. The molecule has 0 spiro atoms. The summed E-state index contributed by atoms with van der Waals surface area (Å²) in [6, 6.07) is 0.728. The molecule has 90 valence electrons. The lowest BCUT2D eigenvalue weighted by Gasteiger charge is -2.28. The van der Waals surface area contributed by atoms with E-state index in [0.29, 0.717) is 0 Å². The van der Waals surface area contributed by atoms with Crippen LogP contribution in [0.5, 0.6) is 0 Å². The van der Waals surface area contributed by atoms with E-state index in [2.05, 4.69) is 17.3 Å². The van der Waals surface area contributed by atoms with Crippen molar-refractivity contribution in [3.63, 3.8) is 0 Å². The Hall–Kier alpha value is -0.120. The number of nitrogens with one attached hydrogen (secondary N) is 1. The molecular formula is C12H26N2O. The Balaban J connectivity index is 1.98. The summed E-state index contributed by atoms with van der Waals surface area (Å²) in [7, 11) is 4.00. The minimum absolute atomic E-state index is 0.728. The largest absolute Gasteiger partial charge is 0.385 e. The molecule has 1 unspecified atom stereocenters. The SMILES string of the molecule is COCCCCN(C)CC1CCCCN1. The Bertz CT molecular complexity index is 147. The van der Waals surface area contributed by atoms with Crippen molar-refractivity contribution in [2.75, 3.05) is 40.4 Å². The molecule has 0 radical (unpaired) electrons. The van der Waals surface area contributed by atoms with E-state index in [1.807, 2.05) is 0 Å². The number of piperidine rings is 1. The van der Waals surface area contributed by atoms with E-state index in [-0.39, 0.29) is 0 Å². The Morgan fingerprint density at radius 1 is 1.33 bits per heavy atom. The van der Waals surface area contributed by atoms with Crippen LogP contribution in [0.3, 0.4) is 0 Å². The third-order valence-electron chi connectivity index (χ3n) is 3.08. The van der Waals surface area contributed by atoms with Gasteiger partial charge in [-0.1, -0.05) is 6.42 Å². The monoisotopic (exact) mass is 214 g/mol.